The van der Waals surface area contributed by atoms with Crippen LogP contribution in [0.25, 0.3) is 0 Å². The van der Waals surface area contributed by atoms with E-state index in [4.69, 9.17) is 0 Å². The van der Waals surface area contributed by atoms with E-state index in [9.17, 15) is 0 Å². The van der Waals surface area contributed by atoms with Gasteiger partial charge in [-0.1, -0.05) is 34.8 Å². The Hall–Kier alpha value is -1.26. The number of hydrogen-bond donors (Lipinski definition) is 0. The molecular formula is C12H13N3S. The van der Waals surface area contributed by atoms with Crippen molar-refractivity contribution in [3.05, 3.63) is 46.5 Å². The van der Waals surface area contributed by atoms with Gasteiger partial charge in [0.2, 0.25) is 0 Å². The molecule has 0 fully saturated rings. The van der Waals surface area contributed by atoms with Gasteiger partial charge in [-0.2, -0.15) is 0 Å². The molecule has 1 aliphatic rings. The zero-order valence-corrected chi connectivity index (χ0v) is 9.78. The summed E-state index contributed by atoms with van der Waals surface area (Å²) in [5, 5.41) is 4.14. The van der Waals surface area contributed by atoms with Crippen molar-refractivity contribution in [2.24, 2.45) is 0 Å². The van der Waals surface area contributed by atoms with Crippen LogP contribution in [0.3, 0.4) is 0 Å². The molecule has 16 heavy (non-hydrogen) atoms. The number of fused-ring (bicyclic) bond motifs is 1. The van der Waals surface area contributed by atoms with E-state index in [1.165, 1.54) is 27.7 Å². The van der Waals surface area contributed by atoms with E-state index in [0.29, 0.717) is 0 Å². The van der Waals surface area contributed by atoms with Crippen LogP contribution in [-0.2, 0) is 19.5 Å². The lowest BCUT2D eigenvalue weighted by Gasteiger charge is -2.25. The molecule has 0 unspecified atom stereocenters. The number of rotatable bonds is 2. The van der Waals surface area contributed by atoms with Gasteiger partial charge >= 0.3 is 0 Å². The minimum atomic E-state index is 1.00. The maximum atomic E-state index is 4.14. The van der Waals surface area contributed by atoms with E-state index in [-0.39, 0.29) is 0 Å². The normalized spacial score (nSPS) is 16.0. The van der Waals surface area contributed by atoms with E-state index in [0.717, 1.165) is 26.1 Å². The average molecular weight is 231 g/mol. The van der Waals surface area contributed by atoms with Crippen molar-refractivity contribution >= 4 is 11.5 Å². The first-order chi connectivity index (χ1) is 7.92. The molecule has 0 aliphatic carbocycles. The summed E-state index contributed by atoms with van der Waals surface area (Å²) >= 11 is 1.54. The van der Waals surface area contributed by atoms with Gasteiger partial charge in [-0.3, -0.25) is 4.90 Å². The van der Waals surface area contributed by atoms with Gasteiger partial charge in [-0.25, -0.2) is 0 Å². The van der Waals surface area contributed by atoms with Gasteiger partial charge in [0.1, 0.15) is 0 Å². The summed E-state index contributed by atoms with van der Waals surface area (Å²) in [4.78, 5) is 3.79. The summed E-state index contributed by atoms with van der Waals surface area (Å²) in [6, 6.07) is 10.6. The minimum Gasteiger partial charge on any atom is -0.293 e. The van der Waals surface area contributed by atoms with Crippen LogP contribution in [0.4, 0.5) is 0 Å². The molecule has 0 amide bonds. The number of nitrogens with zero attached hydrogens (tertiary/aromatic N) is 3. The van der Waals surface area contributed by atoms with Crippen LogP contribution in [0.2, 0.25) is 0 Å². The summed E-state index contributed by atoms with van der Waals surface area (Å²) in [6.07, 6.45) is 1.04. The predicted octanol–water partition coefficient (Wildman–Crippen LogP) is 2.10. The van der Waals surface area contributed by atoms with Crippen LogP contribution in [-0.4, -0.2) is 21.0 Å². The minimum absolute atomic E-state index is 1.00. The molecule has 2 heterocycles. The molecule has 0 saturated carbocycles. The molecule has 0 radical (unpaired) electrons. The fraction of sp³-hybridized carbons (Fsp3) is 0.333. The van der Waals surface area contributed by atoms with E-state index in [1.807, 2.05) is 0 Å². The van der Waals surface area contributed by atoms with Crippen LogP contribution < -0.4 is 0 Å². The van der Waals surface area contributed by atoms with Crippen LogP contribution in [0, 0.1) is 0 Å². The van der Waals surface area contributed by atoms with Crippen molar-refractivity contribution in [1.82, 2.24) is 14.5 Å². The summed E-state index contributed by atoms with van der Waals surface area (Å²) in [6.45, 7) is 3.12. The molecule has 3 rings (SSSR count). The Labute approximate surface area is 98.9 Å². The Kier molecular flexibility index (Phi) is 2.68. The molecule has 0 atom stereocenters. The Morgan fingerprint density at radius 3 is 3.00 bits per heavy atom. The second kappa shape index (κ2) is 4.31. The molecule has 1 aromatic carbocycles. The summed E-state index contributed by atoms with van der Waals surface area (Å²) in [5.74, 6) is 0. The van der Waals surface area contributed by atoms with Crippen LogP contribution in [0.1, 0.15) is 16.1 Å². The highest BCUT2D eigenvalue weighted by molar-refractivity contribution is 7.05. The highest BCUT2D eigenvalue weighted by Crippen LogP contribution is 2.21. The first-order valence-electron chi connectivity index (χ1n) is 5.48. The van der Waals surface area contributed by atoms with Crippen molar-refractivity contribution in [1.29, 1.82) is 0 Å². The van der Waals surface area contributed by atoms with Gasteiger partial charge in [-0.05, 0) is 17.1 Å². The van der Waals surface area contributed by atoms with Crippen LogP contribution in [0.5, 0.6) is 0 Å². The van der Waals surface area contributed by atoms with Gasteiger partial charge in [0, 0.05) is 26.1 Å². The van der Waals surface area contributed by atoms with Crippen molar-refractivity contribution in [2.45, 2.75) is 19.5 Å². The average Bonchev–Trinajstić information content (AvgIpc) is 2.77. The summed E-state index contributed by atoms with van der Waals surface area (Å²) in [5.41, 5.74) is 2.58. The lowest BCUT2D eigenvalue weighted by Crippen LogP contribution is -2.29. The molecule has 1 aromatic heterocycles. The Morgan fingerprint density at radius 1 is 1.25 bits per heavy atom. The maximum absolute atomic E-state index is 4.14. The largest absolute Gasteiger partial charge is 0.293 e. The number of benzene rings is 1. The number of aromatic nitrogens is 2. The maximum Gasteiger partial charge on any atom is 0.0813 e. The lowest BCUT2D eigenvalue weighted by atomic mass is 10.1. The van der Waals surface area contributed by atoms with E-state index < -0.39 is 0 Å². The molecule has 4 heteroatoms. The van der Waals surface area contributed by atoms with Crippen LogP contribution >= 0.6 is 11.5 Å². The van der Waals surface area contributed by atoms with Gasteiger partial charge in [0.05, 0.1) is 10.6 Å². The van der Waals surface area contributed by atoms with Gasteiger partial charge in [0.15, 0.2) is 0 Å². The first-order valence-corrected chi connectivity index (χ1v) is 6.25. The van der Waals surface area contributed by atoms with E-state index in [2.05, 4.69) is 44.8 Å². The summed E-state index contributed by atoms with van der Waals surface area (Å²) in [7, 11) is 0. The second-order valence-corrected chi connectivity index (χ2v) is 4.93. The van der Waals surface area contributed by atoms with Crippen molar-refractivity contribution in [3.8, 4) is 0 Å². The monoisotopic (exact) mass is 231 g/mol. The molecule has 0 N–H and O–H groups in total. The van der Waals surface area contributed by atoms with Crippen molar-refractivity contribution < 1.29 is 0 Å². The Balaban J connectivity index is 1.71. The molecule has 82 valence electrons. The van der Waals surface area contributed by atoms with Gasteiger partial charge in [-0.15, -0.1) is 5.10 Å². The van der Waals surface area contributed by atoms with E-state index in [1.54, 1.807) is 0 Å². The second-order valence-electron chi connectivity index (χ2n) is 4.09. The van der Waals surface area contributed by atoms with Gasteiger partial charge in [0.25, 0.3) is 0 Å². The fourth-order valence-electron chi connectivity index (χ4n) is 2.06. The quantitative estimate of drug-likeness (QED) is 0.792. The molecule has 0 bridgehead atoms. The highest BCUT2D eigenvalue weighted by Gasteiger charge is 2.19. The topological polar surface area (TPSA) is 29.0 Å². The molecule has 1 aliphatic heterocycles. The lowest BCUT2D eigenvalue weighted by molar-refractivity contribution is 0.247. The zero-order valence-electron chi connectivity index (χ0n) is 8.97. The SMILES string of the molecule is c1ccc(CN2CCc3nnsc3C2)cc1. The van der Waals surface area contributed by atoms with Crippen molar-refractivity contribution in [3.63, 3.8) is 0 Å². The summed E-state index contributed by atoms with van der Waals surface area (Å²) < 4.78 is 4.01. The number of hydrogen-bond acceptors (Lipinski definition) is 4. The Bertz CT molecular complexity index is 466. The molecule has 0 saturated heterocycles. The smallest absolute Gasteiger partial charge is 0.0813 e. The third-order valence-corrected chi connectivity index (χ3v) is 3.66. The van der Waals surface area contributed by atoms with Crippen molar-refractivity contribution in [2.75, 3.05) is 6.54 Å². The molecule has 0 spiro atoms. The Morgan fingerprint density at radius 2 is 2.12 bits per heavy atom. The molecular weight excluding hydrogens is 218 g/mol. The predicted molar refractivity (Wildman–Crippen MR) is 64.2 cm³/mol. The highest BCUT2D eigenvalue weighted by atomic mass is 32.1. The third kappa shape index (κ3) is 1.99. The fourth-order valence-corrected chi connectivity index (χ4v) is 2.79. The zero-order chi connectivity index (χ0) is 10.8. The third-order valence-electron chi connectivity index (χ3n) is 2.92. The van der Waals surface area contributed by atoms with E-state index >= 15 is 0 Å². The van der Waals surface area contributed by atoms with Crippen LogP contribution in [0.15, 0.2) is 30.3 Å². The first kappa shape index (κ1) is 9.93. The molecule has 3 nitrogen and oxygen atoms in total. The standard InChI is InChI=1S/C12H13N3S/c1-2-4-10(5-3-1)8-15-7-6-11-12(9-15)16-14-13-11/h1-5H,6-9H2. The molecule has 2 aromatic rings. The van der Waals surface area contributed by atoms with Gasteiger partial charge < -0.3 is 0 Å².